The molecule has 1 aliphatic carbocycles. The topological polar surface area (TPSA) is 41.6 Å². The third-order valence-corrected chi connectivity index (χ3v) is 4.76. The highest BCUT2D eigenvalue weighted by atomic mass is 16.6. The van der Waals surface area contributed by atoms with Crippen LogP contribution in [-0.4, -0.2) is 42.3 Å². The summed E-state index contributed by atoms with van der Waals surface area (Å²) in [6, 6.07) is 0.716. The van der Waals surface area contributed by atoms with Crippen LogP contribution in [0.1, 0.15) is 59.8 Å². The lowest BCUT2D eigenvalue weighted by Gasteiger charge is -2.24. The Balaban J connectivity index is 1.64. The fourth-order valence-electron chi connectivity index (χ4n) is 3.48. The highest BCUT2D eigenvalue weighted by Crippen LogP contribution is 2.25. The summed E-state index contributed by atoms with van der Waals surface area (Å²) in [5.41, 5.74) is -0.394. The first-order chi connectivity index (χ1) is 9.85. The minimum Gasteiger partial charge on any atom is -0.444 e. The van der Waals surface area contributed by atoms with Gasteiger partial charge in [-0.3, -0.25) is 0 Å². The molecule has 0 radical (unpaired) electrons. The summed E-state index contributed by atoms with van der Waals surface area (Å²) in [5, 5.41) is 3.71. The van der Waals surface area contributed by atoms with Crippen molar-refractivity contribution in [3.05, 3.63) is 0 Å². The van der Waals surface area contributed by atoms with Crippen molar-refractivity contribution >= 4 is 6.09 Å². The zero-order valence-corrected chi connectivity index (χ0v) is 14.2. The van der Waals surface area contributed by atoms with Crippen LogP contribution in [-0.2, 0) is 4.74 Å². The SMILES string of the molecule is CC1CCCC1NCCC1CCN(C(=O)OC(C)(C)C)C1. The standard InChI is InChI=1S/C17H32N2O2/c1-13-6-5-7-15(13)18-10-8-14-9-11-19(12-14)16(20)21-17(2,3)4/h13-15,18H,5-12H2,1-4H3. The second-order valence-corrected chi connectivity index (χ2v) is 7.84. The average Bonchev–Trinajstić information content (AvgIpc) is 2.97. The van der Waals surface area contributed by atoms with E-state index in [0.29, 0.717) is 12.0 Å². The predicted molar refractivity (Wildman–Crippen MR) is 85.3 cm³/mol. The molecular formula is C17H32N2O2. The van der Waals surface area contributed by atoms with Crippen molar-refractivity contribution < 1.29 is 9.53 Å². The fraction of sp³-hybridized carbons (Fsp3) is 0.941. The van der Waals surface area contributed by atoms with Crippen molar-refractivity contribution in [1.29, 1.82) is 0 Å². The molecular weight excluding hydrogens is 264 g/mol. The minimum atomic E-state index is -0.394. The van der Waals surface area contributed by atoms with E-state index in [0.717, 1.165) is 32.0 Å². The number of nitrogens with one attached hydrogen (secondary N) is 1. The maximum atomic E-state index is 12.0. The second-order valence-electron chi connectivity index (χ2n) is 7.84. The van der Waals surface area contributed by atoms with Gasteiger partial charge in [0.25, 0.3) is 0 Å². The van der Waals surface area contributed by atoms with Crippen LogP contribution in [0.2, 0.25) is 0 Å². The van der Waals surface area contributed by atoms with E-state index in [1.54, 1.807) is 0 Å². The van der Waals surface area contributed by atoms with Gasteiger partial charge in [-0.25, -0.2) is 4.79 Å². The smallest absolute Gasteiger partial charge is 0.410 e. The lowest BCUT2D eigenvalue weighted by atomic mass is 10.0. The summed E-state index contributed by atoms with van der Waals surface area (Å²) >= 11 is 0. The predicted octanol–water partition coefficient (Wildman–Crippen LogP) is 3.41. The van der Waals surface area contributed by atoms with Gasteiger partial charge in [-0.15, -0.1) is 0 Å². The molecule has 3 unspecified atom stereocenters. The molecule has 2 rings (SSSR count). The number of ether oxygens (including phenoxy) is 1. The van der Waals surface area contributed by atoms with E-state index in [1.807, 2.05) is 25.7 Å². The van der Waals surface area contributed by atoms with Gasteiger partial charge in [0.2, 0.25) is 0 Å². The summed E-state index contributed by atoms with van der Waals surface area (Å²) in [4.78, 5) is 13.9. The van der Waals surface area contributed by atoms with Gasteiger partial charge in [-0.2, -0.15) is 0 Å². The third-order valence-electron chi connectivity index (χ3n) is 4.76. The summed E-state index contributed by atoms with van der Waals surface area (Å²) in [5.74, 6) is 1.45. The number of amides is 1. The Bertz CT molecular complexity index is 351. The number of carbonyl (C=O) groups excluding carboxylic acids is 1. The van der Waals surface area contributed by atoms with Crippen molar-refractivity contribution in [2.75, 3.05) is 19.6 Å². The normalized spacial score (nSPS) is 29.9. The van der Waals surface area contributed by atoms with Crippen LogP contribution in [0.15, 0.2) is 0 Å². The molecule has 1 saturated heterocycles. The van der Waals surface area contributed by atoms with Gasteiger partial charge >= 0.3 is 6.09 Å². The summed E-state index contributed by atoms with van der Waals surface area (Å²) in [6.07, 6.45) is 6.20. The number of rotatable bonds is 4. The lowest BCUT2D eigenvalue weighted by Crippen LogP contribution is -2.36. The molecule has 3 atom stereocenters. The summed E-state index contributed by atoms with van der Waals surface area (Å²) in [7, 11) is 0. The summed E-state index contributed by atoms with van der Waals surface area (Å²) < 4.78 is 5.44. The van der Waals surface area contributed by atoms with E-state index < -0.39 is 5.60 Å². The number of likely N-dealkylation sites (tertiary alicyclic amines) is 1. The van der Waals surface area contributed by atoms with Gasteiger partial charge < -0.3 is 15.0 Å². The number of carbonyl (C=O) groups is 1. The van der Waals surface area contributed by atoms with E-state index >= 15 is 0 Å². The Morgan fingerprint density at radius 1 is 1.29 bits per heavy atom. The van der Waals surface area contributed by atoms with Crippen LogP contribution >= 0.6 is 0 Å². The third kappa shape index (κ3) is 5.17. The van der Waals surface area contributed by atoms with Gasteiger partial charge in [-0.1, -0.05) is 13.3 Å². The van der Waals surface area contributed by atoms with Crippen LogP contribution in [0.3, 0.4) is 0 Å². The molecule has 0 bridgehead atoms. The molecule has 4 nitrogen and oxygen atoms in total. The van der Waals surface area contributed by atoms with Gasteiger partial charge in [0.1, 0.15) is 5.60 Å². The van der Waals surface area contributed by atoms with E-state index in [9.17, 15) is 4.79 Å². The molecule has 4 heteroatoms. The van der Waals surface area contributed by atoms with Crippen molar-refractivity contribution in [1.82, 2.24) is 10.2 Å². The molecule has 2 aliphatic rings. The Kier molecular flexibility index (Phi) is 5.53. The van der Waals surface area contributed by atoms with Gasteiger partial charge in [0.15, 0.2) is 0 Å². The van der Waals surface area contributed by atoms with Gasteiger partial charge in [-0.05, 0) is 64.8 Å². The number of hydrogen-bond acceptors (Lipinski definition) is 3. The Hall–Kier alpha value is -0.770. The largest absolute Gasteiger partial charge is 0.444 e. The monoisotopic (exact) mass is 296 g/mol. The molecule has 0 aromatic rings. The first kappa shape index (κ1) is 16.6. The van der Waals surface area contributed by atoms with E-state index in [-0.39, 0.29) is 6.09 Å². The zero-order valence-electron chi connectivity index (χ0n) is 14.2. The van der Waals surface area contributed by atoms with Crippen LogP contribution < -0.4 is 5.32 Å². The highest BCUT2D eigenvalue weighted by Gasteiger charge is 2.30. The quantitative estimate of drug-likeness (QED) is 0.864. The molecule has 1 N–H and O–H groups in total. The molecule has 1 amide bonds. The molecule has 1 aliphatic heterocycles. The lowest BCUT2D eigenvalue weighted by molar-refractivity contribution is 0.0287. The van der Waals surface area contributed by atoms with E-state index in [2.05, 4.69) is 12.2 Å². The van der Waals surface area contributed by atoms with E-state index in [1.165, 1.54) is 25.7 Å². The molecule has 1 saturated carbocycles. The number of nitrogens with zero attached hydrogens (tertiary/aromatic N) is 1. The number of hydrogen-bond donors (Lipinski definition) is 1. The molecule has 2 fully saturated rings. The van der Waals surface area contributed by atoms with Crippen molar-refractivity contribution in [3.63, 3.8) is 0 Å². The average molecular weight is 296 g/mol. The van der Waals surface area contributed by atoms with Crippen LogP contribution in [0.5, 0.6) is 0 Å². The first-order valence-electron chi connectivity index (χ1n) is 8.56. The Morgan fingerprint density at radius 3 is 2.67 bits per heavy atom. The molecule has 0 aromatic carbocycles. The molecule has 0 aromatic heterocycles. The zero-order chi connectivity index (χ0) is 15.5. The Labute approximate surface area is 129 Å². The van der Waals surface area contributed by atoms with Crippen molar-refractivity contribution in [2.45, 2.75) is 71.4 Å². The molecule has 1 heterocycles. The molecule has 21 heavy (non-hydrogen) atoms. The molecule has 0 spiro atoms. The maximum Gasteiger partial charge on any atom is 0.410 e. The highest BCUT2D eigenvalue weighted by molar-refractivity contribution is 5.68. The van der Waals surface area contributed by atoms with Crippen LogP contribution in [0.25, 0.3) is 0 Å². The first-order valence-corrected chi connectivity index (χ1v) is 8.56. The van der Waals surface area contributed by atoms with Gasteiger partial charge in [0.05, 0.1) is 0 Å². The van der Waals surface area contributed by atoms with E-state index in [4.69, 9.17) is 4.74 Å². The second kappa shape index (κ2) is 6.99. The van der Waals surface area contributed by atoms with Crippen LogP contribution in [0.4, 0.5) is 4.79 Å². The molecule has 122 valence electrons. The van der Waals surface area contributed by atoms with Gasteiger partial charge in [0, 0.05) is 19.1 Å². The van der Waals surface area contributed by atoms with Crippen LogP contribution in [0, 0.1) is 11.8 Å². The van der Waals surface area contributed by atoms with Crippen molar-refractivity contribution in [3.8, 4) is 0 Å². The minimum absolute atomic E-state index is 0.151. The fourth-order valence-corrected chi connectivity index (χ4v) is 3.48. The van der Waals surface area contributed by atoms with Crippen molar-refractivity contribution in [2.24, 2.45) is 11.8 Å². The maximum absolute atomic E-state index is 12.0. The summed E-state index contributed by atoms with van der Waals surface area (Å²) in [6.45, 7) is 10.9. The Morgan fingerprint density at radius 2 is 2.05 bits per heavy atom.